The number of hydrogen-bond acceptors (Lipinski definition) is 3. The van der Waals surface area contributed by atoms with Crippen molar-refractivity contribution in [3.63, 3.8) is 0 Å². The molecule has 7 heteroatoms. The van der Waals surface area contributed by atoms with Gasteiger partial charge in [0.15, 0.2) is 0 Å². The monoisotopic (exact) mass is 407 g/mol. The van der Waals surface area contributed by atoms with E-state index in [0.29, 0.717) is 12.1 Å². The van der Waals surface area contributed by atoms with E-state index in [1.165, 1.54) is 12.1 Å². The summed E-state index contributed by atoms with van der Waals surface area (Å²) < 4.78 is 18.2. The summed E-state index contributed by atoms with van der Waals surface area (Å²) in [6.07, 6.45) is 2.09. The lowest BCUT2D eigenvalue weighted by Gasteiger charge is -2.19. The molecule has 1 heterocycles. The Bertz CT molecular complexity index is 836. The quantitative estimate of drug-likeness (QED) is 0.738. The van der Waals surface area contributed by atoms with Crippen LogP contribution in [0.3, 0.4) is 0 Å². The number of amides is 1. The molecule has 5 nitrogen and oxygen atoms in total. The van der Waals surface area contributed by atoms with Gasteiger partial charge >= 0.3 is 0 Å². The van der Waals surface area contributed by atoms with Crippen molar-refractivity contribution in [2.24, 2.45) is 14.5 Å². The highest BCUT2D eigenvalue weighted by Crippen LogP contribution is 2.30. The van der Waals surface area contributed by atoms with Gasteiger partial charge in [-0.3, -0.25) is 14.9 Å². The summed E-state index contributed by atoms with van der Waals surface area (Å²) in [7, 11) is -1.11. The summed E-state index contributed by atoms with van der Waals surface area (Å²) in [5, 5.41) is 16.2. The number of halogens is 1. The van der Waals surface area contributed by atoms with Crippen LogP contribution in [-0.2, 0) is 22.1 Å². The van der Waals surface area contributed by atoms with Crippen LogP contribution in [0.25, 0.3) is 0 Å². The van der Waals surface area contributed by atoms with Crippen molar-refractivity contribution in [2.45, 2.75) is 71.8 Å². The van der Waals surface area contributed by atoms with Crippen LogP contribution >= 0.6 is 0 Å². The molecular formula is C21H30FN3O2S. The zero-order valence-corrected chi connectivity index (χ0v) is 18.2. The Morgan fingerprint density at radius 3 is 2.25 bits per heavy atom. The van der Waals surface area contributed by atoms with Crippen LogP contribution in [0.2, 0.25) is 0 Å². The van der Waals surface area contributed by atoms with Gasteiger partial charge in [-0.2, -0.15) is 4.36 Å². The van der Waals surface area contributed by atoms with E-state index in [2.05, 4.69) is 9.36 Å². The number of allylic oxidation sites excluding steroid dienone is 1. The third-order valence-corrected chi connectivity index (χ3v) is 5.92. The van der Waals surface area contributed by atoms with E-state index in [4.69, 9.17) is 5.14 Å². The van der Waals surface area contributed by atoms with Crippen LogP contribution in [-0.4, -0.2) is 22.3 Å². The highest BCUT2D eigenvalue weighted by Gasteiger charge is 2.26. The summed E-state index contributed by atoms with van der Waals surface area (Å²) in [5.41, 5.74) is 2.08. The fourth-order valence-corrected chi connectivity index (χ4v) is 4.02. The van der Waals surface area contributed by atoms with Crippen LogP contribution in [0.4, 0.5) is 4.39 Å². The molecule has 0 aliphatic carbocycles. The summed E-state index contributed by atoms with van der Waals surface area (Å²) in [4.78, 5) is 17.6. The van der Waals surface area contributed by atoms with Crippen molar-refractivity contribution in [3.05, 3.63) is 45.7 Å². The highest BCUT2D eigenvalue weighted by atomic mass is 32.2. The van der Waals surface area contributed by atoms with Crippen LogP contribution in [0.5, 0.6) is 0 Å². The van der Waals surface area contributed by atoms with Gasteiger partial charge in [0, 0.05) is 28.4 Å². The molecule has 0 aromatic heterocycles. The van der Waals surface area contributed by atoms with Gasteiger partial charge in [0.05, 0.1) is 17.7 Å². The largest absolute Gasteiger partial charge is 0.384 e. The zero-order chi connectivity index (χ0) is 21.2. The van der Waals surface area contributed by atoms with Crippen LogP contribution in [0.15, 0.2) is 32.6 Å². The molecular weight excluding hydrogens is 377 g/mol. The van der Waals surface area contributed by atoms with Crippen LogP contribution in [0, 0.1) is 5.82 Å². The fraction of sp³-hybridized carbons (Fsp3) is 0.524. The normalized spacial score (nSPS) is 16.0. The number of nitrogens with two attached hydrogens (primary N) is 1. The van der Waals surface area contributed by atoms with Gasteiger partial charge in [0.1, 0.15) is 5.82 Å². The van der Waals surface area contributed by atoms with Gasteiger partial charge in [-0.25, -0.2) is 4.39 Å². The maximum absolute atomic E-state index is 14.0. The Labute approximate surface area is 169 Å². The predicted molar refractivity (Wildman–Crippen MR) is 114 cm³/mol. The minimum absolute atomic E-state index is 0.0902. The van der Waals surface area contributed by atoms with Crippen molar-refractivity contribution in [1.82, 2.24) is 0 Å². The summed E-state index contributed by atoms with van der Waals surface area (Å²) in [6, 6.07) is 3.01. The highest BCUT2D eigenvalue weighted by molar-refractivity contribution is 7.89. The SMILES string of the molecule is CC(C)c1cc(F)cc(C(C)C)c1CC(=O)N=S(N)C1=CN=C(C(C)(C)O)C1. The van der Waals surface area contributed by atoms with E-state index < -0.39 is 16.5 Å². The topological polar surface area (TPSA) is 88.0 Å². The van der Waals surface area contributed by atoms with Crippen LogP contribution < -0.4 is 5.14 Å². The molecule has 0 bridgehead atoms. The molecule has 0 fully saturated rings. The van der Waals surface area contributed by atoms with Gasteiger partial charge < -0.3 is 5.11 Å². The first-order valence-electron chi connectivity index (χ1n) is 9.44. The maximum atomic E-state index is 14.0. The second-order valence-corrected chi connectivity index (χ2v) is 9.59. The summed E-state index contributed by atoms with van der Waals surface area (Å²) in [5.74, 6) is -0.440. The van der Waals surface area contributed by atoms with Crippen molar-refractivity contribution < 1.29 is 14.3 Å². The molecule has 0 spiro atoms. The summed E-state index contributed by atoms with van der Waals surface area (Å²) in [6.45, 7) is 11.3. The van der Waals surface area contributed by atoms with E-state index in [9.17, 15) is 14.3 Å². The number of aliphatic hydroxyl groups is 1. The molecule has 1 aromatic carbocycles. The second kappa shape index (κ2) is 8.76. The number of nitrogens with zero attached hydrogens (tertiary/aromatic N) is 2. The van der Waals surface area contributed by atoms with Gasteiger partial charge in [-0.15, -0.1) is 0 Å². The molecule has 0 saturated heterocycles. The number of aliphatic imine (C=N–C) groups is 1. The molecule has 1 aliphatic heterocycles. The van der Waals surface area contributed by atoms with Gasteiger partial charge in [-0.05, 0) is 54.5 Å². The number of rotatable bonds is 6. The average molecular weight is 408 g/mol. The molecule has 0 saturated carbocycles. The second-order valence-electron chi connectivity index (χ2n) is 8.26. The van der Waals surface area contributed by atoms with Gasteiger partial charge in [0.2, 0.25) is 0 Å². The first kappa shape index (κ1) is 22.6. The Morgan fingerprint density at radius 1 is 1.29 bits per heavy atom. The first-order chi connectivity index (χ1) is 12.9. The summed E-state index contributed by atoms with van der Waals surface area (Å²) >= 11 is 0. The van der Waals surface area contributed by atoms with E-state index >= 15 is 0 Å². The molecule has 1 amide bonds. The minimum atomic E-state index is -1.11. The molecule has 1 aliphatic rings. The van der Waals surface area contributed by atoms with Crippen molar-refractivity contribution >= 4 is 22.5 Å². The minimum Gasteiger partial charge on any atom is -0.384 e. The first-order valence-corrected chi connectivity index (χ1v) is 10.7. The number of hydrogen-bond donors (Lipinski definition) is 2. The van der Waals surface area contributed by atoms with E-state index in [1.807, 2.05) is 27.7 Å². The molecule has 2 rings (SSSR count). The Kier molecular flexibility index (Phi) is 7.07. The average Bonchev–Trinajstić information content (AvgIpc) is 3.06. The third-order valence-electron chi connectivity index (χ3n) is 4.74. The smallest absolute Gasteiger partial charge is 0.257 e. The number of carbonyl (C=O) groups excluding carboxylic acids is 1. The Morgan fingerprint density at radius 2 is 1.82 bits per heavy atom. The maximum Gasteiger partial charge on any atom is 0.257 e. The van der Waals surface area contributed by atoms with E-state index in [-0.39, 0.29) is 30.0 Å². The molecule has 154 valence electrons. The molecule has 28 heavy (non-hydrogen) atoms. The van der Waals surface area contributed by atoms with Gasteiger partial charge in [-0.1, -0.05) is 27.7 Å². The van der Waals surface area contributed by atoms with Crippen molar-refractivity contribution in [1.29, 1.82) is 0 Å². The molecule has 1 aromatic rings. The Balaban J connectivity index is 2.25. The van der Waals surface area contributed by atoms with Crippen molar-refractivity contribution in [3.8, 4) is 0 Å². The molecule has 1 unspecified atom stereocenters. The van der Waals surface area contributed by atoms with E-state index in [1.54, 1.807) is 20.0 Å². The number of benzene rings is 1. The predicted octanol–water partition coefficient (Wildman–Crippen LogP) is 4.27. The van der Waals surface area contributed by atoms with Gasteiger partial charge in [0.25, 0.3) is 5.91 Å². The van der Waals surface area contributed by atoms with Crippen molar-refractivity contribution in [2.75, 3.05) is 0 Å². The molecule has 3 N–H and O–H groups in total. The van der Waals surface area contributed by atoms with Crippen LogP contribution in [0.1, 0.15) is 76.5 Å². The third kappa shape index (κ3) is 5.43. The zero-order valence-electron chi connectivity index (χ0n) is 17.4. The molecule has 1 atom stereocenters. The Hall–Kier alpha value is -1.70. The lowest BCUT2D eigenvalue weighted by Crippen LogP contribution is -2.30. The lowest BCUT2D eigenvalue weighted by atomic mass is 9.87. The molecule has 0 radical (unpaired) electrons. The lowest BCUT2D eigenvalue weighted by molar-refractivity contribution is -0.117. The number of carbonyl (C=O) groups is 1. The standard InChI is InChI=1S/C21H30FN3O2S/c1-12(2)16-7-14(22)8-17(13(3)4)18(16)10-20(26)25-28(23)15-9-19(24-11-15)21(5,6)27/h7-8,11-13,27H,9-10H2,1-6H3,(H2,23,25,26). The fourth-order valence-electron chi connectivity index (χ4n) is 3.17. The van der Waals surface area contributed by atoms with E-state index in [0.717, 1.165) is 21.6 Å².